The quantitative estimate of drug-likeness (QED) is 0.591. The van der Waals surface area contributed by atoms with E-state index in [2.05, 4.69) is 18.8 Å². The fourth-order valence-corrected chi connectivity index (χ4v) is 2.60. The van der Waals surface area contributed by atoms with Gasteiger partial charge in [-0.05, 0) is 19.8 Å². The number of unbranched alkanes of at least 4 members (excludes halogenated alkanes) is 4. The molecule has 1 nitrogen and oxygen atoms in total. The maximum atomic E-state index is 4.59. The minimum atomic E-state index is 0.579. The summed E-state index contributed by atoms with van der Waals surface area (Å²) in [7, 11) is 0. The highest BCUT2D eigenvalue weighted by Gasteiger charge is 2.12. The molecule has 0 amide bonds. The lowest BCUT2D eigenvalue weighted by molar-refractivity contribution is 0.644. The zero-order valence-electron chi connectivity index (χ0n) is 8.88. The molecule has 1 heterocycles. The van der Waals surface area contributed by atoms with Crippen molar-refractivity contribution >= 4 is 16.8 Å². The van der Waals surface area contributed by atoms with Crippen LogP contribution in [-0.2, 0) is 0 Å². The van der Waals surface area contributed by atoms with Gasteiger partial charge in [0.15, 0.2) is 0 Å². The van der Waals surface area contributed by atoms with Crippen LogP contribution in [0.3, 0.4) is 0 Å². The maximum Gasteiger partial charge on any atom is 0.0680 e. The number of aliphatic imine (C=N–C) groups is 1. The molecule has 0 saturated carbocycles. The second-order valence-corrected chi connectivity index (χ2v) is 4.94. The van der Waals surface area contributed by atoms with Crippen LogP contribution in [0, 0.1) is 0 Å². The molecule has 2 heteroatoms. The molecule has 0 N–H and O–H groups in total. The molecular formula is C11H21NS. The van der Waals surface area contributed by atoms with Gasteiger partial charge in [0.2, 0.25) is 0 Å². The topological polar surface area (TPSA) is 12.4 Å². The van der Waals surface area contributed by atoms with Crippen LogP contribution >= 0.6 is 11.8 Å². The first-order valence-electron chi connectivity index (χ1n) is 5.52. The molecular weight excluding hydrogens is 178 g/mol. The van der Waals surface area contributed by atoms with Gasteiger partial charge in [0, 0.05) is 5.75 Å². The van der Waals surface area contributed by atoms with Gasteiger partial charge in [-0.25, -0.2) is 0 Å². The Hall–Kier alpha value is 0.0200. The zero-order valence-corrected chi connectivity index (χ0v) is 9.70. The lowest BCUT2D eigenvalue weighted by Gasteiger charge is -1.99. The summed E-state index contributed by atoms with van der Waals surface area (Å²) in [5, 5.41) is 1.41. The van der Waals surface area contributed by atoms with Crippen LogP contribution in [-0.4, -0.2) is 16.8 Å². The van der Waals surface area contributed by atoms with E-state index >= 15 is 0 Å². The summed E-state index contributed by atoms with van der Waals surface area (Å²) >= 11 is 1.96. The van der Waals surface area contributed by atoms with Crippen molar-refractivity contribution < 1.29 is 0 Å². The summed E-state index contributed by atoms with van der Waals surface area (Å²) < 4.78 is 0. The van der Waals surface area contributed by atoms with Crippen molar-refractivity contribution in [3.63, 3.8) is 0 Å². The van der Waals surface area contributed by atoms with E-state index in [-0.39, 0.29) is 0 Å². The van der Waals surface area contributed by atoms with Crippen molar-refractivity contribution in [1.82, 2.24) is 0 Å². The SMILES string of the molecule is CCCCCCCC1=NC(C)CS1. The second-order valence-electron chi connectivity index (χ2n) is 3.85. The van der Waals surface area contributed by atoms with E-state index in [1.54, 1.807) is 0 Å². The molecule has 0 spiro atoms. The fourth-order valence-electron chi connectivity index (χ4n) is 1.55. The Morgan fingerprint density at radius 3 is 2.69 bits per heavy atom. The highest BCUT2D eigenvalue weighted by atomic mass is 32.2. The molecule has 0 saturated heterocycles. The molecule has 0 aromatic heterocycles. The Morgan fingerprint density at radius 1 is 1.31 bits per heavy atom. The average Bonchev–Trinajstić information content (AvgIpc) is 2.51. The lowest BCUT2D eigenvalue weighted by atomic mass is 10.1. The fraction of sp³-hybridized carbons (Fsp3) is 0.909. The molecule has 1 unspecified atom stereocenters. The molecule has 13 heavy (non-hydrogen) atoms. The summed E-state index contributed by atoms with van der Waals surface area (Å²) in [4.78, 5) is 4.59. The first-order valence-corrected chi connectivity index (χ1v) is 6.51. The standard InChI is InChI=1S/C11H21NS/c1-3-4-5-6-7-8-11-12-10(2)9-13-11/h10H,3-9H2,1-2H3. The summed E-state index contributed by atoms with van der Waals surface area (Å²) in [6.45, 7) is 4.47. The highest BCUT2D eigenvalue weighted by Crippen LogP contribution is 2.21. The van der Waals surface area contributed by atoms with Crippen LogP contribution in [0.5, 0.6) is 0 Å². The van der Waals surface area contributed by atoms with Crippen molar-refractivity contribution in [2.75, 3.05) is 5.75 Å². The number of hydrogen-bond acceptors (Lipinski definition) is 2. The van der Waals surface area contributed by atoms with Gasteiger partial charge in [0.25, 0.3) is 0 Å². The molecule has 76 valence electrons. The van der Waals surface area contributed by atoms with E-state index in [0.29, 0.717) is 6.04 Å². The Labute approximate surface area is 86.4 Å². The van der Waals surface area contributed by atoms with E-state index in [1.165, 1.54) is 49.3 Å². The van der Waals surface area contributed by atoms with Crippen molar-refractivity contribution in [3.8, 4) is 0 Å². The van der Waals surface area contributed by atoms with E-state index in [4.69, 9.17) is 0 Å². The molecule has 0 radical (unpaired) electrons. The first-order chi connectivity index (χ1) is 6.33. The molecule has 1 aliphatic heterocycles. The third kappa shape index (κ3) is 4.70. The zero-order chi connectivity index (χ0) is 9.52. The highest BCUT2D eigenvalue weighted by molar-refractivity contribution is 8.14. The Balaban J connectivity index is 1.97. The first kappa shape index (κ1) is 11.1. The molecule has 0 fully saturated rings. The molecule has 0 aliphatic carbocycles. The van der Waals surface area contributed by atoms with E-state index < -0.39 is 0 Å². The Morgan fingerprint density at radius 2 is 2.08 bits per heavy atom. The van der Waals surface area contributed by atoms with Crippen LogP contribution in [0.25, 0.3) is 0 Å². The van der Waals surface area contributed by atoms with Crippen LogP contribution in [0.2, 0.25) is 0 Å². The second kappa shape index (κ2) is 6.47. The summed E-state index contributed by atoms with van der Waals surface area (Å²) in [6.07, 6.45) is 8.12. The van der Waals surface area contributed by atoms with Crippen molar-refractivity contribution in [2.24, 2.45) is 4.99 Å². The van der Waals surface area contributed by atoms with Crippen LogP contribution in [0.1, 0.15) is 52.4 Å². The van der Waals surface area contributed by atoms with Gasteiger partial charge in [-0.2, -0.15) is 0 Å². The molecule has 0 aromatic rings. The smallest absolute Gasteiger partial charge is 0.0680 e. The van der Waals surface area contributed by atoms with Crippen LogP contribution < -0.4 is 0 Å². The van der Waals surface area contributed by atoms with Crippen molar-refractivity contribution in [2.45, 2.75) is 58.4 Å². The maximum absolute atomic E-state index is 4.59. The van der Waals surface area contributed by atoms with Crippen LogP contribution in [0.15, 0.2) is 4.99 Å². The minimum Gasteiger partial charge on any atom is -0.279 e. The number of nitrogens with zero attached hydrogens (tertiary/aromatic N) is 1. The van der Waals surface area contributed by atoms with Crippen LogP contribution in [0.4, 0.5) is 0 Å². The number of hydrogen-bond donors (Lipinski definition) is 0. The summed E-state index contributed by atoms with van der Waals surface area (Å²) in [5.41, 5.74) is 0. The average molecular weight is 199 g/mol. The third-order valence-corrected chi connectivity index (χ3v) is 3.64. The van der Waals surface area contributed by atoms with E-state index in [0.717, 1.165) is 0 Å². The third-order valence-electron chi connectivity index (χ3n) is 2.35. The normalized spacial score (nSPS) is 22.0. The molecule has 0 bridgehead atoms. The van der Waals surface area contributed by atoms with Gasteiger partial charge in [-0.3, -0.25) is 4.99 Å². The summed E-state index contributed by atoms with van der Waals surface area (Å²) in [5.74, 6) is 1.21. The lowest BCUT2D eigenvalue weighted by Crippen LogP contribution is -1.92. The van der Waals surface area contributed by atoms with Gasteiger partial charge in [-0.15, -0.1) is 11.8 Å². The monoisotopic (exact) mass is 199 g/mol. The van der Waals surface area contributed by atoms with Crippen molar-refractivity contribution in [1.29, 1.82) is 0 Å². The molecule has 1 aliphatic rings. The Kier molecular flexibility index (Phi) is 5.52. The van der Waals surface area contributed by atoms with E-state index in [1.807, 2.05) is 11.8 Å². The number of thioether (sulfide) groups is 1. The van der Waals surface area contributed by atoms with Gasteiger partial charge >= 0.3 is 0 Å². The molecule has 1 atom stereocenters. The van der Waals surface area contributed by atoms with Gasteiger partial charge in [-0.1, -0.05) is 32.6 Å². The Bertz CT molecular complexity index is 165. The van der Waals surface area contributed by atoms with E-state index in [9.17, 15) is 0 Å². The number of rotatable bonds is 6. The molecule has 0 aromatic carbocycles. The van der Waals surface area contributed by atoms with Gasteiger partial charge < -0.3 is 0 Å². The largest absolute Gasteiger partial charge is 0.279 e. The predicted molar refractivity (Wildman–Crippen MR) is 62.7 cm³/mol. The minimum absolute atomic E-state index is 0.579. The van der Waals surface area contributed by atoms with Gasteiger partial charge in [0.1, 0.15) is 0 Å². The van der Waals surface area contributed by atoms with Gasteiger partial charge in [0.05, 0.1) is 11.1 Å². The van der Waals surface area contributed by atoms with Crippen molar-refractivity contribution in [3.05, 3.63) is 0 Å². The summed E-state index contributed by atoms with van der Waals surface area (Å²) in [6, 6.07) is 0.579. The predicted octanol–water partition coefficient (Wildman–Crippen LogP) is 3.88. The molecule has 1 rings (SSSR count).